The van der Waals surface area contributed by atoms with Crippen molar-refractivity contribution in [1.29, 1.82) is 0 Å². The smallest absolute Gasteiger partial charge is 0.246 e. The number of hydrogen-bond acceptors (Lipinski definition) is 6. The van der Waals surface area contributed by atoms with E-state index in [9.17, 15) is 0 Å². The SMILES string of the molecule is CN1CCN(Cc2ccc(-c3ccccc3)c(Oc3ccc4nnc(Cl)n4n3)c2)CC1. The van der Waals surface area contributed by atoms with Gasteiger partial charge in [0.25, 0.3) is 0 Å². The normalized spacial score (nSPS) is 15.4. The number of ether oxygens (including phenoxy) is 1. The first kappa shape index (κ1) is 19.9. The molecule has 1 saturated heterocycles. The minimum Gasteiger partial charge on any atom is -0.437 e. The van der Waals surface area contributed by atoms with Crippen molar-refractivity contribution in [2.24, 2.45) is 0 Å². The number of likely N-dealkylation sites (N-methyl/N-ethyl adjacent to an activating group) is 1. The highest BCUT2D eigenvalue weighted by molar-refractivity contribution is 6.28. The number of nitrogens with zero attached hydrogens (tertiary/aromatic N) is 6. The first-order chi connectivity index (χ1) is 15.2. The lowest BCUT2D eigenvalue weighted by Gasteiger charge is -2.32. The van der Waals surface area contributed by atoms with Crippen molar-refractivity contribution in [3.05, 3.63) is 71.5 Å². The van der Waals surface area contributed by atoms with E-state index in [4.69, 9.17) is 16.3 Å². The number of rotatable bonds is 5. The van der Waals surface area contributed by atoms with Crippen LogP contribution >= 0.6 is 11.6 Å². The molecule has 2 aromatic heterocycles. The van der Waals surface area contributed by atoms with E-state index in [0.29, 0.717) is 11.5 Å². The number of aromatic nitrogens is 4. The zero-order valence-corrected chi connectivity index (χ0v) is 18.0. The van der Waals surface area contributed by atoms with Crippen molar-refractivity contribution in [2.45, 2.75) is 6.54 Å². The van der Waals surface area contributed by atoms with Crippen LogP contribution in [0.3, 0.4) is 0 Å². The first-order valence-corrected chi connectivity index (χ1v) is 10.7. The van der Waals surface area contributed by atoms with Crippen LogP contribution in [0.2, 0.25) is 5.28 Å². The van der Waals surface area contributed by atoms with Crippen molar-refractivity contribution < 1.29 is 4.74 Å². The first-order valence-electron chi connectivity index (χ1n) is 10.3. The van der Waals surface area contributed by atoms with E-state index >= 15 is 0 Å². The Hall–Kier alpha value is -3.00. The van der Waals surface area contributed by atoms with Crippen molar-refractivity contribution in [3.63, 3.8) is 0 Å². The molecule has 31 heavy (non-hydrogen) atoms. The molecular weight excluding hydrogens is 412 g/mol. The molecule has 0 aliphatic carbocycles. The summed E-state index contributed by atoms with van der Waals surface area (Å²) in [6.45, 7) is 5.21. The molecule has 1 fully saturated rings. The molecule has 1 aliphatic rings. The van der Waals surface area contributed by atoms with Gasteiger partial charge in [0.1, 0.15) is 5.75 Å². The molecule has 0 atom stereocenters. The Balaban J connectivity index is 1.47. The fraction of sp³-hybridized carbons (Fsp3) is 0.261. The second kappa shape index (κ2) is 8.63. The van der Waals surface area contributed by atoms with Crippen LogP contribution < -0.4 is 4.74 Å². The highest BCUT2D eigenvalue weighted by Crippen LogP contribution is 2.34. The molecule has 0 bridgehead atoms. The maximum absolute atomic E-state index is 6.27. The van der Waals surface area contributed by atoms with Crippen LogP contribution in [0.1, 0.15) is 5.56 Å². The molecule has 158 valence electrons. The predicted molar refractivity (Wildman–Crippen MR) is 121 cm³/mol. The van der Waals surface area contributed by atoms with Gasteiger partial charge in [0.15, 0.2) is 5.65 Å². The van der Waals surface area contributed by atoms with E-state index in [1.807, 2.05) is 18.2 Å². The van der Waals surface area contributed by atoms with E-state index < -0.39 is 0 Å². The lowest BCUT2D eigenvalue weighted by molar-refractivity contribution is 0.148. The summed E-state index contributed by atoms with van der Waals surface area (Å²) in [4.78, 5) is 4.84. The van der Waals surface area contributed by atoms with Crippen molar-refractivity contribution >= 4 is 17.2 Å². The lowest BCUT2D eigenvalue weighted by Crippen LogP contribution is -2.43. The number of piperazine rings is 1. The van der Waals surface area contributed by atoms with E-state index in [2.05, 4.69) is 62.5 Å². The summed E-state index contributed by atoms with van der Waals surface area (Å²) in [5.41, 5.74) is 3.89. The van der Waals surface area contributed by atoms with E-state index in [1.54, 1.807) is 12.1 Å². The van der Waals surface area contributed by atoms with Gasteiger partial charge in [-0.3, -0.25) is 4.90 Å². The molecule has 3 heterocycles. The van der Waals surface area contributed by atoms with Crippen LogP contribution in [0, 0.1) is 0 Å². The van der Waals surface area contributed by atoms with Gasteiger partial charge in [-0.25, -0.2) is 0 Å². The Labute approximate surface area is 185 Å². The molecule has 7 nitrogen and oxygen atoms in total. The van der Waals surface area contributed by atoms with Gasteiger partial charge in [0.05, 0.1) is 0 Å². The maximum Gasteiger partial charge on any atom is 0.246 e. The van der Waals surface area contributed by atoms with E-state index in [0.717, 1.165) is 49.6 Å². The van der Waals surface area contributed by atoms with Crippen LogP contribution in [0.5, 0.6) is 11.6 Å². The highest BCUT2D eigenvalue weighted by Gasteiger charge is 2.16. The summed E-state index contributed by atoms with van der Waals surface area (Å²) in [6, 6.07) is 20.2. The molecule has 0 spiro atoms. The van der Waals surface area contributed by atoms with Crippen LogP contribution in [0.15, 0.2) is 60.7 Å². The third-order valence-electron chi connectivity index (χ3n) is 5.55. The monoisotopic (exact) mass is 434 g/mol. The van der Waals surface area contributed by atoms with Gasteiger partial charge in [-0.1, -0.05) is 42.5 Å². The molecule has 2 aromatic carbocycles. The summed E-state index contributed by atoms with van der Waals surface area (Å²) >= 11 is 6.08. The predicted octanol–water partition coefficient (Wildman–Crippen LogP) is 3.98. The minimum atomic E-state index is 0.201. The number of halogens is 1. The van der Waals surface area contributed by atoms with Gasteiger partial charge >= 0.3 is 0 Å². The Morgan fingerprint density at radius 1 is 0.935 bits per heavy atom. The van der Waals surface area contributed by atoms with Gasteiger partial charge in [-0.05, 0) is 41.9 Å². The fourth-order valence-electron chi connectivity index (χ4n) is 3.78. The summed E-state index contributed by atoms with van der Waals surface area (Å²) < 4.78 is 7.74. The number of benzene rings is 2. The summed E-state index contributed by atoms with van der Waals surface area (Å²) in [5.74, 6) is 1.19. The van der Waals surface area contributed by atoms with Gasteiger partial charge < -0.3 is 9.64 Å². The van der Waals surface area contributed by atoms with Crippen molar-refractivity contribution in [1.82, 2.24) is 29.6 Å². The van der Waals surface area contributed by atoms with Gasteiger partial charge in [0.2, 0.25) is 11.2 Å². The summed E-state index contributed by atoms with van der Waals surface area (Å²) in [7, 11) is 2.17. The molecule has 1 aliphatic heterocycles. The average molecular weight is 435 g/mol. The molecule has 5 rings (SSSR count). The zero-order chi connectivity index (χ0) is 21.2. The standard InChI is InChI=1S/C23H23ClN6O/c1-28-11-13-29(14-12-28)16-17-7-8-19(18-5-3-2-4-6-18)20(15-17)31-22-10-9-21-25-26-23(24)30(21)27-22/h2-10,15H,11-14,16H2,1H3. The maximum atomic E-state index is 6.27. The molecule has 0 unspecified atom stereocenters. The van der Waals surface area contributed by atoms with Crippen molar-refractivity contribution in [2.75, 3.05) is 33.2 Å². The lowest BCUT2D eigenvalue weighted by atomic mass is 10.0. The van der Waals surface area contributed by atoms with Crippen LogP contribution in [-0.2, 0) is 6.54 Å². The quantitative estimate of drug-likeness (QED) is 0.473. The van der Waals surface area contributed by atoms with Crippen molar-refractivity contribution in [3.8, 4) is 22.8 Å². The molecule has 0 radical (unpaired) electrons. The molecule has 8 heteroatoms. The average Bonchev–Trinajstić information content (AvgIpc) is 3.16. The number of hydrogen-bond donors (Lipinski definition) is 0. The fourth-order valence-corrected chi connectivity index (χ4v) is 3.95. The van der Waals surface area contributed by atoms with E-state index in [-0.39, 0.29) is 5.28 Å². The molecule has 0 saturated carbocycles. The largest absolute Gasteiger partial charge is 0.437 e. The Morgan fingerprint density at radius 2 is 1.74 bits per heavy atom. The summed E-state index contributed by atoms with van der Waals surface area (Å²) in [6.07, 6.45) is 0. The molecule has 0 N–H and O–H groups in total. The summed E-state index contributed by atoms with van der Waals surface area (Å²) in [5, 5.41) is 12.5. The molecule has 0 amide bonds. The Bertz CT molecular complexity index is 1190. The molecule has 4 aromatic rings. The second-order valence-corrected chi connectivity index (χ2v) is 8.13. The third kappa shape index (κ3) is 4.39. The van der Waals surface area contributed by atoms with Gasteiger partial charge in [0, 0.05) is 44.4 Å². The second-order valence-electron chi connectivity index (χ2n) is 7.79. The van der Waals surface area contributed by atoms with E-state index in [1.165, 1.54) is 10.1 Å². The minimum absolute atomic E-state index is 0.201. The highest BCUT2D eigenvalue weighted by atomic mass is 35.5. The third-order valence-corrected chi connectivity index (χ3v) is 5.78. The van der Waals surface area contributed by atoms with Gasteiger partial charge in [-0.2, -0.15) is 4.52 Å². The Morgan fingerprint density at radius 3 is 2.55 bits per heavy atom. The Kier molecular flexibility index (Phi) is 5.55. The molecular formula is C23H23ClN6O. The van der Waals surface area contributed by atoms with Gasteiger partial charge in [-0.15, -0.1) is 15.3 Å². The van der Waals surface area contributed by atoms with Crippen LogP contribution in [-0.4, -0.2) is 62.8 Å². The number of fused-ring (bicyclic) bond motifs is 1. The van der Waals surface area contributed by atoms with Crippen LogP contribution in [0.25, 0.3) is 16.8 Å². The van der Waals surface area contributed by atoms with Crippen LogP contribution in [0.4, 0.5) is 0 Å². The zero-order valence-electron chi connectivity index (χ0n) is 17.3. The topological polar surface area (TPSA) is 58.8 Å².